The van der Waals surface area contributed by atoms with Gasteiger partial charge in [0, 0.05) is 19.2 Å². The molecule has 1 aliphatic rings. The second kappa shape index (κ2) is 10.2. The van der Waals surface area contributed by atoms with Crippen molar-refractivity contribution >= 4 is 18.0 Å². The molecule has 6 heteroatoms. The molecule has 2 atom stereocenters. The predicted octanol–water partition coefficient (Wildman–Crippen LogP) is 3.54. The van der Waals surface area contributed by atoms with Crippen molar-refractivity contribution in [1.82, 2.24) is 4.90 Å². The van der Waals surface area contributed by atoms with Crippen LogP contribution in [0.2, 0.25) is 0 Å². The van der Waals surface area contributed by atoms with E-state index >= 15 is 0 Å². The predicted molar refractivity (Wildman–Crippen MR) is 108 cm³/mol. The van der Waals surface area contributed by atoms with Crippen molar-refractivity contribution in [2.45, 2.75) is 40.2 Å². The van der Waals surface area contributed by atoms with Gasteiger partial charge in [-0.05, 0) is 55.9 Å². The fraction of sp³-hybridized carbons (Fsp3) is 0.545. The highest BCUT2D eigenvalue weighted by Crippen LogP contribution is 2.29. The van der Waals surface area contributed by atoms with Gasteiger partial charge in [-0.15, -0.1) is 0 Å². The second-order valence-electron chi connectivity index (χ2n) is 7.76. The molecule has 1 aliphatic heterocycles. The lowest BCUT2D eigenvalue weighted by atomic mass is 9.92. The molecule has 1 saturated heterocycles. The second-order valence-corrected chi connectivity index (χ2v) is 7.76. The minimum Gasteiger partial charge on any atom is -0.493 e. The Morgan fingerprint density at radius 3 is 2.46 bits per heavy atom. The molecule has 0 aromatic heterocycles. The molecule has 0 N–H and O–H groups in total. The number of esters is 1. The van der Waals surface area contributed by atoms with E-state index in [9.17, 15) is 9.59 Å². The van der Waals surface area contributed by atoms with Gasteiger partial charge in [0.2, 0.25) is 0 Å². The maximum absolute atomic E-state index is 12.3. The zero-order valence-corrected chi connectivity index (χ0v) is 17.4. The lowest BCUT2D eigenvalue weighted by molar-refractivity contribution is -0.149. The van der Waals surface area contributed by atoms with Crippen molar-refractivity contribution in [3.63, 3.8) is 0 Å². The molecular weight excluding hydrogens is 358 g/mol. The van der Waals surface area contributed by atoms with E-state index in [2.05, 4.69) is 13.8 Å². The summed E-state index contributed by atoms with van der Waals surface area (Å²) in [7, 11) is 1.57. The lowest BCUT2D eigenvalue weighted by Crippen LogP contribution is -2.44. The van der Waals surface area contributed by atoms with E-state index in [1.54, 1.807) is 30.2 Å². The molecule has 0 radical (unpaired) electrons. The third-order valence-electron chi connectivity index (χ3n) is 4.52. The molecule has 1 amide bonds. The molecule has 0 unspecified atom stereocenters. The van der Waals surface area contributed by atoms with Crippen molar-refractivity contribution in [3.8, 4) is 11.5 Å². The summed E-state index contributed by atoms with van der Waals surface area (Å²) in [6, 6.07) is 5.40. The average Bonchev–Trinajstić information content (AvgIpc) is 2.64. The first-order valence-corrected chi connectivity index (χ1v) is 9.75. The van der Waals surface area contributed by atoms with Crippen LogP contribution in [0, 0.1) is 11.8 Å². The van der Waals surface area contributed by atoms with Crippen molar-refractivity contribution in [2.75, 3.05) is 26.8 Å². The Kier molecular flexibility index (Phi) is 7.91. The van der Waals surface area contributed by atoms with E-state index in [1.807, 2.05) is 19.9 Å². The number of carbonyl (C=O) groups excluding carboxylic acids is 2. The molecule has 154 valence electrons. The lowest BCUT2D eigenvalue weighted by Gasteiger charge is -2.34. The summed E-state index contributed by atoms with van der Waals surface area (Å²) in [6.45, 7) is 9.37. The summed E-state index contributed by atoms with van der Waals surface area (Å²) in [5.41, 5.74) is 0.773. The van der Waals surface area contributed by atoms with Gasteiger partial charge >= 0.3 is 5.97 Å². The molecule has 1 fully saturated rings. The van der Waals surface area contributed by atoms with Gasteiger partial charge in [0.05, 0.1) is 13.2 Å². The van der Waals surface area contributed by atoms with Crippen LogP contribution in [0.3, 0.4) is 0 Å². The van der Waals surface area contributed by atoms with E-state index < -0.39 is 5.97 Å². The molecule has 0 saturated carbocycles. The monoisotopic (exact) mass is 389 g/mol. The van der Waals surface area contributed by atoms with Crippen LogP contribution in [-0.2, 0) is 14.3 Å². The van der Waals surface area contributed by atoms with Gasteiger partial charge in [-0.1, -0.05) is 19.9 Å². The van der Waals surface area contributed by atoms with Crippen molar-refractivity contribution < 1.29 is 23.8 Å². The average molecular weight is 389 g/mol. The molecule has 6 nitrogen and oxygen atoms in total. The number of nitrogens with zero attached hydrogens (tertiary/aromatic N) is 1. The van der Waals surface area contributed by atoms with Crippen LogP contribution >= 0.6 is 0 Å². The Bertz CT molecular complexity index is 703. The standard InChI is InChI=1S/C22H31NO5/c1-15(2)28-19-8-6-18(11-20(19)26-5)7-9-22(25)27-14-21(24)23-12-16(3)10-17(4)13-23/h6-9,11,15-17H,10,12-14H2,1-5H3/b9-7+/t16-,17-/m1/s1. The summed E-state index contributed by atoms with van der Waals surface area (Å²) in [4.78, 5) is 26.0. The van der Waals surface area contributed by atoms with Gasteiger partial charge in [0.25, 0.3) is 5.91 Å². The normalized spacial score (nSPS) is 19.7. The fourth-order valence-corrected chi connectivity index (χ4v) is 3.44. The summed E-state index contributed by atoms with van der Waals surface area (Å²) in [6.07, 6.45) is 4.09. The number of carbonyl (C=O) groups is 2. The van der Waals surface area contributed by atoms with Crippen LogP contribution in [0.5, 0.6) is 11.5 Å². The number of piperidine rings is 1. The van der Waals surface area contributed by atoms with E-state index in [0.29, 0.717) is 23.3 Å². The molecule has 0 spiro atoms. The first-order chi connectivity index (χ1) is 13.3. The Balaban J connectivity index is 1.88. The van der Waals surface area contributed by atoms with Gasteiger partial charge in [0.1, 0.15) is 0 Å². The zero-order valence-electron chi connectivity index (χ0n) is 17.4. The van der Waals surface area contributed by atoms with Gasteiger partial charge in [-0.2, -0.15) is 0 Å². The number of methoxy groups -OCH3 is 1. The maximum Gasteiger partial charge on any atom is 0.331 e. The van der Waals surface area contributed by atoms with E-state index in [-0.39, 0.29) is 18.6 Å². The molecule has 0 bridgehead atoms. The van der Waals surface area contributed by atoms with Crippen LogP contribution in [0.15, 0.2) is 24.3 Å². The van der Waals surface area contributed by atoms with Gasteiger partial charge < -0.3 is 19.1 Å². The molecular formula is C22H31NO5. The fourth-order valence-electron chi connectivity index (χ4n) is 3.44. The third kappa shape index (κ3) is 6.59. The highest BCUT2D eigenvalue weighted by Gasteiger charge is 2.25. The quantitative estimate of drug-likeness (QED) is 0.527. The number of ether oxygens (including phenoxy) is 3. The molecule has 1 aromatic carbocycles. The Labute approximate surface area is 167 Å². The topological polar surface area (TPSA) is 65.1 Å². The summed E-state index contributed by atoms with van der Waals surface area (Å²) in [5.74, 6) is 1.49. The van der Waals surface area contributed by atoms with Gasteiger partial charge in [-0.3, -0.25) is 4.79 Å². The summed E-state index contributed by atoms with van der Waals surface area (Å²) < 4.78 is 16.1. The van der Waals surface area contributed by atoms with Crippen LogP contribution in [0.1, 0.15) is 39.7 Å². The van der Waals surface area contributed by atoms with Crippen LogP contribution in [0.25, 0.3) is 6.08 Å². The number of hydrogen-bond donors (Lipinski definition) is 0. The molecule has 28 heavy (non-hydrogen) atoms. The third-order valence-corrected chi connectivity index (χ3v) is 4.52. The smallest absolute Gasteiger partial charge is 0.331 e. The van der Waals surface area contributed by atoms with E-state index in [4.69, 9.17) is 14.2 Å². The Hall–Kier alpha value is -2.50. The Morgan fingerprint density at radius 2 is 1.86 bits per heavy atom. The number of likely N-dealkylation sites (tertiary alicyclic amines) is 1. The number of hydrogen-bond acceptors (Lipinski definition) is 5. The van der Waals surface area contributed by atoms with Crippen molar-refractivity contribution in [1.29, 1.82) is 0 Å². The van der Waals surface area contributed by atoms with Crippen LogP contribution < -0.4 is 9.47 Å². The maximum atomic E-state index is 12.3. The summed E-state index contributed by atoms with van der Waals surface area (Å²) in [5, 5.41) is 0. The molecule has 0 aliphatic carbocycles. The van der Waals surface area contributed by atoms with E-state index in [1.165, 1.54) is 6.08 Å². The number of benzene rings is 1. The largest absolute Gasteiger partial charge is 0.493 e. The van der Waals surface area contributed by atoms with Crippen LogP contribution in [-0.4, -0.2) is 49.7 Å². The highest BCUT2D eigenvalue weighted by molar-refractivity contribution is 5.89. The number of rotatable bonds is 7. The molecule has 1 heterocycles. The summed E-state index contributed by atoms with van der Waals surface area (Å²) >= 11 is 0. The number of amides is 1. The van der Waals surface area contributed by atoms with E-state index in [0.717, 1.165) is 25.1 Å². The molecule has 2 rings (SSSR count). The van der Waals surface area contributed by atoms with Crippen LogP contribution in [0.4, 0.5) is 0 Å². The highest BCUT2D eigenvalue weighted by atomic mass is 16.5. The minimum absolute atomic E-state index is 0.0358. The van der Waals surface area contributed by atoms with Crippen molar-refractivity contribution in [3.05, 3.63) is 29.8 Å². The first-order valence-electron chi connectivity index (χ1n) is 9.75. The van der Waals surface area contributed by atoms with Gasteiger partial charge in [0.15, 0.2) is 18.1 Å². The SMILES string of the molecule is COc1cc(/C=C/C(=O)OCC(=O)N2C[C@H](C)C[C@@H](C)C2)ccc1OC(C)C. The van der Waals surface area contributed by atoms with Gasteiger partial charge in [-0.25, -0.2) is 4.79 Å². The Morgan fingerprint density at radius 1 is 1.18 bits per heavy atom. The molecule has 1 aromatic rings. The zero-order chi connectivity index (χ0) is 20.7. The van der Waals surface area contributed by atoms with Crippen molar-refractivity contribution in [2.24, 2.45) is 11.8 Å². The minimum atomic E-state index is -0.548. The first kappa shape index (κ1) is 21.8.